The van der Waals surface area contributed by atoms with Crippen molar-refractivity contribution in [2.75, 3.05) is 0 Å². The second-order valence-electron chi connectivity index (χ2n) is 7.98. The predicted octanol–water partition coefficient (Wildman–Crippen LogP) is 4.88. The molecule has 1 heteroatoms. The number of rotatable bonds is 7. The van der Waals surface area contributed by atoms with Crippen molar-refractivity contribution in [2.24, 2.45) is 35.5 Å². The highest BCUT2D eigenvalue weighted by Gasteiger charge is 2.48. The summed E-state index contributed by atoms with van der Waals surface area (Å²) in [6.07, 6.45) is 9.69. The maximum atomic E-state index is 10.1. The second-order valence-corrected chi connectivity index (χ2v) is 7.98. The van der Waals surface area contributed by atoms with Gasteiger partial charge in [0, 0.05) is 0 Å². The van der Waals surface area contributed by atoms with Crippen LogP contribution in [0.3, 0.4) is 0 Å². The maximum Gasteiger partial charge on any atom is 0.0545 e. The summed E-state index contributed by atoms with van der Waals surface area (Å²) in [5, 5.41) is 10.1. The number of hydrogen-bond donors (Lipinski definition) is 1. The van der Waals surface area contributed by atoms with Crippen LogP contribution in [-0.4, -0.2) is 11.2 Å². The van der Waals surface area contributed by atoms with Crippen LogP contribution in [0.1, 0.15) is 72.6 Å². The molecule has 2 fully saturated rings. The molecule has 19 heavy (non-hydrogen) atoms. The highest BCUT2D eigenvalue weighted by molar-refractivity contribution is 4.98. The van der Waals surface area contributed by atoms with Crippen LogP contribution in [0.5, 0.6) is 0 Å². The van der Waals surface area contributed by atoms with Crippen LogP contribution in [0.25, 0.3) is 0 Å². The third-order valence-corrected chi connectivity index (χ3v) is 5.87. The maximum absolute atomic E-state index is 10.1. The van der Waals surface area contributed by atoms with E-state index in [1.807, 2.05) is 6.92 Å². The third-order valence-electron chi connectivity index (χ3n) is 5.87. The first-order valence-corrected chi connectivity index (χ1v) is 8.67. The first-order valence-electron chi connectivity index (χ1n) is 8.67. The molecule has 0 spiro atoms. The van der Waals surface area contributed by atoms with Crippen molar-refractivity contribution in [3.05, 3.63) is 0 Å². The van der Waals surface area contributed by atoms with E-state index < -0.39 is 0 Å². The lowest BCUT2D eigenvalue weighted by molar-refractivity contribution is 0.0433. The Morgan fingerprint density at radius 1 is 1.00 bits per heavy atom. The molecule has 0 radical (unpaired) electrons. The average molecular weight is 266 g/mol. The molecule has 2 bridgehead atoms. The molecule has 0 aromatic heterocycles. The van der Waals surface area contributed by atoms with E-state index in [0.29, 0.717) is 5.92 Å². The molecule has 0 amide bonds. The number of aliphatic hydroxyl groups excluding tert-OH is 1. The molecule has 6 unspecified atom stereocenters. The van der Waals surface area contributed by atoms with Crippen LogP contribution in [-0.2, 0) is 0 Å². The molecule has 0 aromatic rings. The fourth-order valence-electron chi connectivity index (χ4n) is 5.01. The molecule has 2 saturated carbocycles. The van der Waals surface area contributed by atoms with E-state index in [2.05, 4.69) is 20.8 Å². The van der Waals surface area contributed by atoms with Gasteiger partial charge >= 0.3 is 0 Å². The monoisotopic (exact) mass is 266 g/mol. The molecule has 1 N–H and O–H groups in total. The minimum atomic E-state index is -0.0804. The summed E-state index contributed by atoms with van der Waals surface area (Å²) in [4.78, 5) is 0. The van der Waals surface area contributed by atoms with Crippen LogP contribution in [0.15, 0.2) is 0 Å². The van der Waals surface area contributed by atoms with Gasteiger partial charge in [0.2, 0.25) is 0 Å². The topological polar surface area (TPSA) is 20.2 Å². The molecule has 1 nitrogen and oxygen atoms in total. The third kappa shape index (κ3) is 3.74. The van der Waals surface area contributed by atoms with Crippen LogP contribution >= 0.6 is 0 Å². The van der Waals surface area contributed by atoms with Crippen LogP contribution in [0.4, 0.5) is 0 Å². The number of hydrogen-bond acceptors (Lipinski definition) is 1. The minimum Gasteiger partial charge on any atom is -0.393 e. The highest BCUT2D eigenvalue weighted by atomic mass is 16.3. The molecule has 6 atom stereocenters. The second kappa shape index (κ2) is 6.61. The molecule has 0 aliphatic heterocycles. The van der Waals surface area contributed by atoms with Gasteiger partial charge in [-0.2, -0.15) is 0 Å². The van der Waals surface area contributed by atoms with E-state index >= 15 is 0 Å². The zero-order chi connectivity index (χ0) is 14.0. The molecule has 0 saturated heterocycles. The van der Waals surface area contributed by atoms with Crippen LogP contribution < -0.4 is 0 Å². The van der Waals surface area contributed by atoms with Gasteiger partial charge in [-0.25, -0.2) is 0 Å². The van der Waals surface area contributed by atoms with E-state index in [4.69, 9.17) is 0 Å². The van der Waals surface area contributed by atoms with Gasteiger partial charge in [0.15, 0.2) is 0 Å². The smallest absolute Gasteiger partial charge is 0.0545 e. The Morgan fingerprint density at radius 3 is 2.32 bits per heavy atom. The Hall–Kier alpha value is -0.0400. The minimum absolute atomic E-state index is 0.0804. The lowest BCUT2D eigenvalue weighted by Crippen LogP contribution is -2.32. The van der Waals surface area contributed by atoms with Crippen LogP contribution in [0, 0.1) is 35.5 Å². The lowest BCUT2D eigenvalue weighted by Gasteiger charge is -2.34. The highest BCUT2D eigenvalue weighted by Crippen LogP contribution is 2.55. The van der Waals surface area contributed by atoms with Crippen molar-refractivity contribution in [1.82, 2.24) is 0 Å². The predicted molar refractivity (Wildman–Crippen MR) is 82.0 cm³/mol. The standard InChI is InChI=1S/C18H34O/c1-12(2)6-5-7-13(3)10-17-15-8-9-16(11-15)18(17)14(4)19/h12-19H,5-11H2,1-4H3. The zero-order valence-electron chi connectivity index (χ0n) is 13.4. The molecular weight excluding hydrogens is 232 g/mol. The summed E-state index contributed by atoms with van der Waals surface area (Å²) in [6, 6.07) is 0. The zero-order valence-corrected chi connectivity index (χ0v) is 13.4. The Balaban J connectivity index is 1.80. The molecule has 0 heterocycles. The Morgan fingerprint density at radius 2 is 1.68 bits per heavy atom. The van der Waals surface area contributed by atoms with Crippen molar-refractivity contribution in [2.45, 2.75) is 78.7 Å². The van der Waals surface area contributed by atoms with Gasteiger partial charge in [0.1, 0.15) is 0 Å². The first kappa shape index (κ1) is 15.4. The van der Waals surface area contributed by atoms with E-state index in [9.17, 15) is 5.11 Å². The summed E-state index contributed by atoms with van der Waals surface area (Å²) >= 11 is 0. The van der Waals surface area contributed by atoms with Crippen molar-refractivity contribution in [3.8, 4) is 0 Å². The van der Waals surface area contributed by atoms with Gasteiger partial charge in [-0.3, -0.25) is 0 Å². The Bertz CT molecular complexity index is 271. The Labute approximate surface area is 120 Å². The summed E-state index contributed by atoms with van der Waals surface area (Å²) in [7, 11) is 0. The SMILES string of the molecule is CC(C)CCCC(C)CC1C2CCC(C2)C1C(C)O. The van der Waals surface area contributed by atoms with Crippen molar-refractivity contribution in [3.63, 3.8) is 0 Å². The lowest BCUT2D eigenvalue weighted by atomic mass is 9.72. The molecular formula is C18H34O. The normalized spacial score (nSPS) is 36.9. The first-order chi connectivity index (χ1) is 8.99. The molecule has 112 valence electrons. The average Bonchev–Trinajstić information content (AvgIpc) is 2.88. The fourth-order valence-corrected chi connectivity index (χ4v) is 5.01. The van der Waals surface area contributed by atoms with E-state index in [-0.39, 0.29) is 6.10 Å². The summed E-state index contributed by atoms with van der Waals surface area (Å²) in [5.41, 5.74) is 0. The van der Waals surface area contributed by atoms with Crippen molar-refractivity contribution < 1.29 is 5.11 Å². The molecule has 2 aliphatic carbocycles. The van der Waals surface area contributed by atoms with Crippen molar-refractivity contribution in [1.29, 1.82) is 0 Å². The van der Waals surface area contributed by atoms with Gasteiger partial charge in [-0.15, -0.1) is 0 Å². The number of aliphatic hydroxyl groups is 1. The van der Waals surface area contributed by atoms with Crippen molar-refractivity contribution >= 4 is 0 Å². The van der Waals surface area contributed by atoms with Gasteiger partial charge in [0.25, 0.3) is 0 Å². The Kier molecular flexibility index (Phi) is 5.34. The largest absolute Gasteiger partial charge is 0.393 e. The summed E-state index contributed by atoms with van der Waals surface area (Å²) in [6.45, 7) is 9.11. The molecule has 0 aromatic carbocycles. The quantitative estimate of drug-likeness (QED) is 0.696. The number of fused-ring (bicyclic) bond motifs is 2. The molecule has 2 aliphatic rings. The molecule has 2 rings (SSSR count). The summed E-state index contributed by atoms with van der Waals surface area (Å²) < 4.78 is 0. The van der Waals surface area contributed by atoms with Crippen LogP contribution in [0.2, 0.25) is 0 Å². The van der Waals surface area contributed by atoms with E-state index in [1.165, 1.54) is 44.9 Å². The van der Waals surface area contributed by atoms with Gasteiger partial charge in [-0.05, 0) is 68.1 Å². The van der Waals surface area contributed by atoms with E-state index in [0.717, 1.165) is 29.6 Å². The fraction of sp³-hybridized carbons (Fsp3) is 1.00. The van der Waals surface area contributed by atoms with Gasteiger partial charge in [-0.1, -0.05) is 40.0 Å². The van der Waals surface area contributed by atoms with Gasteiger partial charge in [0.05, 0.1) is 6.10 Å². The van der Waals surface area contributed by atoms with E-state index in [1.54, 1.807) is 0 Å². The van der Waals surface area contributed by atoms with Gasteiger partial charge < -0.3 is 5.11 Å². The summed E-state index contributed by atoms with van der Waals surface area (Å²) in [5.74, 6) is 4.93.